The van der Waals surface area contributed by atoms with Crippen molar-refractivity contribution in [3.63, 3.8) is 0 Å². The van der Waals surface area contributed by atoms with Crippen molar-refractivity contribution < 1.29 is 9.53 Å². The van der Waals surface area contributed by atoms with Crippen LogP contribution in [0.15, 0.2) is 29.4 Å². The molecule has 0 aliphatic heterocycles. The second kappa shape index (κ2) is 6.07. The summed E-state index contributed by atoms with van der Waals surface area (Å²) in [4.78, 5) is 11.0. The van der Waals surface area contributed by atoms with E-state index in [0.717, 1.165) is 3.57 Å². The lowest BCUT2D eigenvalue weighted by atomic mass is 10.3. The van der Waals surface area contributed by atoms with E-state index >= 15 is 0 Å². The molecule has 0 bridgehead atoms. The van der Waals surface area contributed by atoms with Gasteiger partial charge in [0.05, 0.1) is 12.8 Å². The summed E-state index contributed by atoms with van der Waals surface area (Å²) in [5.74, 6) is -0.763. The first kappa shape index (κ1) is 12.4. The number of methoxy groups -OCH3 is 1. The van der Waals surface area contributed by atoms with E-state index < -0.39 is 5.97 Å². The van der Waals surface area contributed by atoms with Crippen LogP contribution in [0, 0.1) is 14.9 Å². The van der Waals surface area contributed by atoms with Crippen LogP contribution in [-0.2, 0) is 9.53 Å². The lowest BCUT2D eigenvalue weighted by Gasteiger charge is -2.00. The van der Waals surface area contributed by atoms with Crippen LogP contribution in [0.4, 0.5) is 5.69 Å². The summed E-state index contributed by atoms with van der Waals surface area (Å²) in [6, 6.07) is 8.98. The minimum Gasteiger partial charge on any atom is -0.464 e. The van der Waals surface area contributed by atoms with Crippen LogP contribution < -0.4 is 5.43 Å². The minimum absolute atomic E-state index is 0.318. The molecule has 1 rings (SSSR count). The maximum atomic E-state index is 11.0. The van der Waals surface area contributed by atoms with Crippen molar-refractivity contribution in [2.45, 2.75) is 0 Å². The van der Waals surface area contributed by atoms with Gasteiger partial charge >= 0.3 is 5.97 Å². The Balaban J connectivity index is 2.75. The summed E-state index contributed by atoms with van der Waals surface area (Å²) in [5.41, 5.74) is 2.97. The maximum absolute atomic E-state index is 11.0. The fraction of sp³-hybridized carbons (Fsp3) is 0.100. The largest absolute Gasteiger partial charge is 0.464 e. The zero-order valence-corrected chi connectivity index (χ0v) is 10.6. The summed E-state index contributed by atoms with van der Waals surface area (Å²) in [6.07, 6.45) is 0. The van der Waals surface area contributed by atoms with E-state index in [1.807, 2.05) is 12.1 Å². The third kappa shape index (κ3) is 3.51. The summed E-state index contributed by atoms with van der Waals surface area (Å²) in [6.45, 7) is 0. The van der Waals surface area contributed by atoms with Crippen LogP contribution in [0.5, 0.6) is 0 Å². The van der Waals surface area contributed by atoms with E-state index in [2.05, 4.69) is 37.9 Å². The van der Waals surface area contributed by atoms with Crippen molar-refractivity contribution in [3.8, 4) is 6.07 Å². The number of carbonyl (C=O) groups is 1. The molecule has 16 heavy (non-hydrogen) atoms. The van der Waals surface area contributed by atoms with E-state index in [9.17, 15) is 4.79 Å². The van der Waals surface area contributed by atoms with Gasteiger partial charge in [0.15, 0.2) is 0 Å². The number of hydrazone groups is 1. The molecule has 0 aliphatic rings. The number of halogens is 1. The van der Waals surface area contributed by atoms with E-state index in [4.69, 9.17) is 5.26 Å². The summed E-state index contributed by atoms with van der Waals surface area (Å²) >= 11 is 2.17. The standard InChI is InChI=1S/C10H8IN3O2/c1-16-10(15)9(6-12)14-13-8-4-2-7(11)3-5-8/h2-5,13H,1H3. The topological polar surface area (TPSA) is 74.5 Å². The number of anilines is 1. The SMILES string of the molecule is COC(=O)C(C#N)=NNc1ccc(I)cc1. The van der Waals surface area contributed by atoms with Gasteiger partial charge in [-0.2, -0.15) is 10.4 Å². The van der Waals surface area contributed by atoms with Crippen molar-refractivity contribution in [1.29, 1.82) is 5.26 Å². The number of benzene rings is 1. The van der Waals surface area contributed by atoms with E-state index in [-0.39, 0.29) is 5.71 Å². The van der Waals surface area contributed by atoms with Crippen molar-refractivity contribution in [2.24, 2.45) is 5.10 Å². The molecule has 1 N–H and O–H groups in total. The minimum atomic E-state index is -0.763. The molecular formula is C10H8IN3O2. The second-order valence-electron chi connectivity index (χ2n) is 2.68. The first-order valence-corrected chi connectivity index (χ1v) is 5.33. The fourth-order valence-corrected chi connectivity index (χ4v) is 1.22. The maximum Gasteiger partial charge on any atom is 0.369 e. The Hall–Kier alpha value is -1.62. The van der Waals surface area contributed by atoms with Crippen LogP contribution in [0.2, 0.25) is 0 Å². The van der Waals surface area contributed by atoms with Crippen molar-refractivity contribution in [3.05, 3.63) is 27.8 Å². The molecule has 0 heterocycles. The van der Waals surface area contributed by atoms with Gasteiger partial charge < -0.3 is 4.74 Å². The Bertz CT molecular complexity index is 448. The van der Waals surface area contributed by atoms with E-state index in [1.54, 1.807) is 18.2 Å². The molecule has 0 atom stereocenters. The Kier molecular flexibility index (Phi) is 4.72. The molecule has 0 spiro atoms. The highest BCUT2D eigenvalue weighted by molar-refractivity contribution is 14.1. The highest BCUT2D eigenvalue weighted by atomic mass is 127. The molecule has 0 aliphatic carbocycles. The lowest BCUT2D eigenvalue weighted by Crippen LogP contribution is -2.15. The van der Waals surface area contributed by atoms with Crippen LogP contribution in [0.25, 0.3) is 0 Å². The Morgan fingerprint density at radius 3 is 2.62 bits per heavy atom. The number of nitriles is 1. The zero-order valence-electron chi connectivity index (χ0n) is 8.40. The van der Waals surface area contributed by atoms with Crippen molar-refractivity contribution >= 4 is 40.0 Å². The van der Waals surface area contributed by atoms with Crippen LogP contribution in [0.3, 0.4) is 0 Å². The lowest BCUT2D eigenvalue weighted by molar-refractivity contribution is -0.132. The van der Waals surface area contributed by atoms with Gasteiger partial charge in [0.1, 0.15) is 6.07 Å². The average Bonchev–Trinajstić information content (AvgIpc) is 2.31. The van der Waals surface area contributed by atoms with Crippen LogP contribution in [0.1, 0.15) is 0 Å². The summed E-state index contributed by atoms with van der Waals surface area (Å²) in [7, 11) is 1.19. The van der Waals surface area contributed by atoms with Crippen molar-refractivity contribution in [2.75, 3.05) is 12.5 Å². The van der Waals surface area contributed by atoms with Gasteiger partial charge in [-0.25, -0.2) is 4.79 Å². The van der Waals surface area contributed by atoms with Gasteiger partial charge in [-0.3, -0.25) is 5.43 Å². The van der Waals surface area contributed by atoms with E-state index in [1.165, 1.54) is 7.11 Å². The molecule has 6 heteroatoms. The monoisotopic (exact) mass is 329 g/mol. The quantitative estimate of drug-likeness (QED) is 0.397. The number of hydrogen-bond acceptors (Lipinski definition) is 5. The summed E-state index contributed by atoms with van der Waals surface area (Å²) in [5, 5.41) is 12.3. The molecule has 0 amide bonds. The first-order chi connectivity index (χ1) is 7.67. The molecule has 5 nitrogen and oxygen atoms in total. The number of nitrogens with zero attached hydrogens (tertiary/aromatic N) is 2. The Labute approximate surface area is 106 Å². The Morgan fingerprint density at radius 1 is 1.50 bits per heavy atom. The predicted octanol–water partition coefficient (Wildman–Crippen LogP) is 1.76. The number of carbonyl (C=O) groups excluding carboxylic acids is 1. The van der Waals surface area contributed by atoms with Gasteiger partial charge in [-0.05, 0) is 46.9 Å². The average molecular weight is 329 g/mol. The molecule has 1 aromatic carbocycles. The molecule has 0 unspecified atom stereocenters. The normalized spacial score (nSPS) is 10.4. The molecule has 0 radical (unpaired) electrons. The van der Waals surface area contributed by atoms with Gasteiger partial charge in [-0.15, -0.1) is 0 Å². The molecule has 1 aromatic rings. The third-order valence-electron chi connectivity index (χ3n) is 1.63. The smallest absolute Gasteiger partial charge is 0.369 e. The van der Waals surface area contributed by atoms with Gasteiger partial charge in [-0.1, -0.05) is 0 Å². The van der Waals surface area contributed by atoms with Gasteiger partial charge in [0.2, 0.25) is 5.71 Å². The predicted molar refractivity (Wildman–Crippen MR) is 67.8 cm³/mol. The van der Waals surface area contributed by atoms with Gasteiger partial charge in [0, 0.05) is 3.57 Å². The fourth-order valence-electron chi connectivity index (χ4n) is 0.858. The van der Waals surface area contributed by atoms with E-state index in [0.29, 0.717) is 5.69 Å². The number of esters is 1. The van der Waals surface area contributed by atoms with Crippen LogP contribution >= 0.6 is 22.6 Å². The Morgan fingerprint density at radius 2 is 2.12 bits per heavy atom. The van der Waals surface area contributed by atoms with Gasteiger partial charge in [0.25, 0.3) is 0 Å². The number of hydrogen-bond donors (Lipinski definition) is 1. The zero-order chi connectivity index (χ0) is 12.0. The molecular weight excluding hydrogens is 321 g/mol. The summed E-state index contributed by atoms with van der Waals surface area (Å²) < 4.78 is 5.46. The number of nitrogens with one attached hydrogen (secondary N) is 1. The molecule has 82 valence electrons. The number of rotatable bonds is 3. The third-order valence-corrected chi connectivity index (χ3v) is 2.34. The molecule has 0 saturated heterocycles. The highest BCUT2D eigenvalue weighted by Gasteiger charge is 2.10. The molecule has 0 fully saturated rings. The molecule has 0 saturated carbocycles. The second-order valence-corrected chi connectivity index (χ2v) is 3.93. The van der Waals surface area contributed by atoms with Crippen molar-refractivity contribution in [1.82, 2.24) is 0 Å². The highest BCUT2D eigenvalue weighted by Crippen LogP contribution is 2.10. The first-order valence-electron chi connectivity index (χ1n) is 4.25. The molecule has 0 aromatic heterocycles. The van der Waals surface area contributed by atoms with Crippen LogP contribution in [-0.4, -0.2) is 18.8 Å². The number of ether oxygens (including phenoxy) is 1.